The first kappa shape index (κ1) is 21.0. The molecule has 0 aromatic heterocycles. The number of amides is 2. The van der Waals surface area contributed by atoms with Gasteiger partial charge in [-0.25, -0.2) is 8.42 Å². The maximum atomic E-state index is 13.0. The summed E-state index contributed by atoms with van der Waals surface area (Å²) < 4.78 is 27.6. The van der Waals surface area contributed by atoms with E-state index in [2.05, 4.69) is 5.32 Å². The van der Waals surface area contributed by atoms with Gasteiger partial charge >= 0.3 is 0 Å². The van der Waals surface area contributed by atoms with Crippen molar-refractivity contribution < 1.29 is 18.0 Å². The normalized spacial score (nSPS) is 15.1. The highest BCUT2D eigenvalue weighted by molar-refractivity contribution is 7.89. The lowest BCUT2D eigenvalue weighted by Crippen LogP contribution is -2.36. The van der Waals surface area contributed by atoms with Crippen molar-refractivity contribution in [3.05, 3.63) is 58.7 Å². The highest BCUT2D eigenvalue weighted by atomic mass is 32.2. The van der Waals surface area contributed by atoms with Crippen molar-refractivity contribution >= 4 is 27.5 Å². The van der Waals surface area contributed by atoms with Gasteiger partial charge in [-0.3, -0.25) is 9.59 Å². The second kappa shape index (κ2) is 8.34. The van der Waals surface area contributed by atoms with Crippen LogP contribution in [0.2, 0.25) is 0 Å². The van der Waals surface area contributed by atoms with Gasteiger partial charge in [-0.15, -0.1) is 0 Å². The van der Waals surface area contributed by atoms with E-state index in [-0.39, 0.29) is 10.5 Å². The van der Waals surface area contributed by atoms with Gasteiger partial charge in [-0.1, -0.05) is 12.5 Å². The van der Waals surface area contributed by atoms with E-state index in [1.165, 1.54) is 10.4 Å². The first-order valence-corrected chi connectivity index (χ1v) is 11.0. The van der Waals surface area contributed by atoms with Crippen molar-refractivity contribution in [2.75, 3.05) is 18.4 Å². The Labute approximate surface area is 171 Å². The predicted octanol–water partition coefficient (Wildman–Crippen LogP) is 2.83. The van der Waals surface area contributed by atoms with Gasteiger partial charge in [-0.2, -0.15) is 4.31 Å². The van der Waals surface area contributed by atoms with Crippen LogP contribution in [0, 0.1) is 13.8 Å². The first-order chi connectivity index (χ1) is 13.7. The fourth-order valence-corrected chi connectivity index (χ4v) is 5.25. The maximum absolute atomic E-state index is 13.0. The molecule has 0 bridgehead atoms. The van der Waals surface area contributed by atoms with Crippen LogP contribution in [-0.2, 0) is 10.0 Å². The number of carbonyl (C=O) groups is 2. The van der Waals surface area contributed by atoms with Gasteiger partial charge in [0, 0.05) is 29.9 Å². The highest BCUT2D eigenvalue weighted by Crippen LogP contribution is 2.25. The minimum absolute atomic E-state index is 0.160. The third-order valence-electron chi connectivity index (χ3n) is 5.13. The molecule has 0 radical (unpaired) electrons. The number of sulfonamides is 1. The van der Waals surface area contributed by atoms with Gasteiger partial charge in [0.25, 0.3) is 5.91 Å². The van der Waals surface area contributed by atoms with Gasteiger partial charge in [0.05, 0.1) is 4.90 Å². The smallest absolute Gasteiger partial charge is 0.255 e. The number of nitrogens with two attached hydrogens (primary N) is 1. The van der Waals surface area contributed by atoms with E-state index < -0.39 is 21.8 Å². The van der Waals surface area contributed by atoms with Crippen LogP contribution in [0.5, 0.6) is 0 Å². The number of carbonyl (C=O) groups excluding carboxylic acids is 2. The molecule has 3 rings (SSSR count). The molecule has 8 heteroatoms. The van der Waals surface area contributed by atoms with Gasteiger partial charge in [0.1, 0.15) is 0 Å². The molecule has 0 saturated carbocycles. The summed E-state index contributed by atoms with van der Waals surface area (Å²) >= 11 is 0. The van der Waals surface area contributed by atoms with Crippen LogP contribution in [0.25, 0.3) is 0 Å². The molecule has 3 N–H and O–H groups in total. The zero-order valence-electron chi connectivity index (χ0n) is 16.6. The maximum Gasteiger partial charge on any atom is 0.255 e. The second-order valence-electron chi connectivity index (χ2n) is 7.29. The summed E-state index contributed by atoms with van der Waals surface area (Å²) in [6.07, 6.45) is 2.72. The first-order valence-electron chi connectivity index (χ1n) is 9.53. The van der Waals surface area contributed by atoms with Gasteiger partial charge in [0.2, 0.25) is 15.9 Å². The summed E-state index contributed by atoms with van der Waals surface area (Å²) in [7, 11) is -3.64. The van der Waals surface area contributed by atoms with Crippen LogP contribution in [-0.4, -0.2) is 37.6 Å². The van der Waals surface area contributed by atoms with Crippen molar-refractivity contribution in [2.45, 2.75) is 38.0 Å². The Morgan fingerprint density at radius 3 is 2.28 bits per heavy atom. The molecule has 1 aliphatic rings. The number of nitrogens with one attached hydrogen (secondary N) is 1. The minimum Gasteiger partial charge on any atom is -0.366 e. The molecule has 7 nitrogen and oxygen atoms in total. The van der Waals surface area contributed by atoms with Gasteiger partial charge in [0.15, 0.2) is 0 Å². The molecular weight excluding hydrogens is 390 g/mol. The Bertz CT molecular complexity index is 1060. The molecule has 154 valence electrons. The lowest BCUT2D eigenvalue weighted by atomic mass is 10.1. The average molecular weight is 416 g/mol. The van der Waals surface area contributed by atoms with E-state index in [1.54, 1.807) is 44.2 Å². The molecule has 0 unspecified atom stereocenters. The Balaban J connectivity index is 1.86. The number of anilines is 1. The Morgan fingerprint density at radius 2 is 1.66 bits per heavy atom. The largest absolute Gasteiger partial charge is 0.366 e. The van der Waals surface area contributed by atoms with E-state index in [1.807, 2.05) is 0 Å². The number of hydrogen-bond donors (Lipinski definition) is 2. The van der Waals surface area contributed by atoms with Crippen molar-refractivity contribution in [2.24, 2.45) is 5.73 Å². The summed E-state index contributed by atoms with van der Waals surface area (Å²) in [4.78, 5) is 24.2. The van der Waals surface area contributed by atoms with Crippen LogP contribution in [0.1, 0.15) is 51.1 Å². The number of piperidine rings is 1. The van der Waals surface area contributed by atoms with Crippen molar-refractivity contribution in [1.82, 2.24) is 4.31 Å². The molecule has 1 saturated heterocycles. The molecule has 0 spiro atoms. The van der Waals surface area contributed by atoms with Crippen LogP contribution < -0.4 is 11.1 Å². The quantitative estimate of drug-likeness (QED) is 0.782. The van der Waals surface area contributed by atoms with Crippen LogP contribution >= 0.6 is 0 Å². The summed E-state index contributed by atoms with van der Waals surface area (Å²) in [6, 6.07) is 9.47. The fraction of sp³-hybridized carbons (Fsp3) is 0.333. The lowest BCUT2D eigenvalue weighted by Gasteiger charge is -2.26. The van der Waals surface area contributed by atoms with E-state index in [0.29, 0.717) is 35.5 Å². The summed E-state index contributed by atoms with van der Waals surface area (Å²) in [5.74, 6) is -0.960. The number of aryl methyl sites for hydroxylation is 2. The monoisotopic (exact) mass is 415 g/mol. The van der Waals surface area contributed by atoms with Crippen LogP contribution in [0.15, 0.2) is 41.3 Å². The van der Waals surface area contributed by atoms with Crippen LogP contribution in [0.4, 0.5) is 5.69 Å². The number of primary amides is 1. The van der Waals surface area contributed by atoms with Gasteiger partial charge < -0.3 is 11.1 Å². The Hall–Kier alpha value is -2.71. The molecule has 0 atom stereocenters. The van der Waals surface area contributed by atoms with E-state index in [0.717, 1.165) is 19.3 Å². The topological polar surface area (TPSA) is 110 Å². The highest BCUT2D eigenvalue weighted by Gasteiger charge is 2.28. The van der Waals surface area contributed by atoms with Crippen molar-refractivity contribution in [3.8, 4) is 0 Å². The molecule has 1 aliphatic heterocycles. The number of rotatable bonds is 5. The molecular formula is C21H25N3O4S. The molecule has 29 heavy (non-hydrogen) atoms. The Morgan fingerprint density at radius 1 is 0.966 bits per heavy atom. The molecule has 1 fully saturated rings. The van der Waals surface area contributed by atoms with E-state index in [4.69, 9.17) is 5.73 Å². The molecule has 2 aromatic carbocycles. The van der Waals surface area contributed by atoms with E-state index >= 15 is 0 Å². The SMILES string of the molecule is Cc1cc(NC(=O)c2ccc(C)c(S(=O)(=O)N3CCCCC3)c2)ccc1C(N)=O. The molecule has 2 aromatic rings. The van der Waals surface area contributed by atoms with Crippen molar-refractivity contribution in [1.29, 1.82) is 0 Å². The fourth-order valence-electron chi connectivity index (χ4n) is 3.48. The zero-order chi connectivity index (χ0) is 21.2. The standard InChI is InChI=1S/C21H25N3O4S/c1-14-6-7-16(13-19(14)29(27,28)24-10-4-3-5-11-24)21(26)23-17-8-9-18(20(22)25)15(2)12-17/h6-9,12-13H,3-5,10-11H2,1-2H3,(H2,22,25)(H,23,26). The minimum atomic E-state index is -3.64. The number of hydrogen-bond acceptors (Lipinski definition) is 4. The summed E-state index contributed by atoms with van der Waals surface area (Å²) in [5.41, 5.74) is 7.69. The van der Waals surface area contributed by atoms with Crippen molar-refractivity contribution in [3.63, 3.8) is 0 Å². The summed E-state index contributed by atoms with van der Waals surface area (Å²) in [6.45, 7) is 4.46. The van der Waals surface area contributed by atoms with Gasteiger partial charge in [-0.05, 0) is 68.1 Å². The molecule has 1 heterocycles. The summed E-state index contributed by atoms with van der Waals surface area (Å²) in [5, 5.41) is 2.74. The lowest BCUT2D eigenvalue weighted by molar-refractivity contribution is 0.0997. The van der Waals surface area contributed by atoms with E-state index in [9.17, 15) is 18.0 Å². The zero-order valence-corrected chi connectivity index (χ0v) is 17.4. The predicted molar refractivity (Wildman–Crippen MR) is 111 cm³/mol. The number of nitrogens with zero attached hydrogens (tertiary/aromatic N) is 1. The Kier molecular flexibility index (Phi) is 6.04. The number of benzene rings is 2. The van der Waals surface area contributed by atoms with Crippen LogP contribution in [0.3, 0.4) is 0 Å². The average Bonchev–Trinajstić information content (AvgIpc) is 2.68. The molecule has 2 amide bonds. The third-order valence-corrected chi connectivity index (χ3v) is 7.17. The molecule has 0 aliphatic carbocycles. The second-order valence-corrected chi connectivity index (χ2v) is 9.20. The third kappa shape index (κ3) is 4.49.